The predicted octanol–water partition coefficient (Wildman–Crippen LogP) is 2.20. The molecule has 1 aromatic carbocycles. The third kappa shape index (κ3) is 3.62. The molecule has 13 heavy (non-hydrogen) atoms. The van der Waals surface area contributed by atoms with Gasteiger partial charge in [-0.25, -0.2) is 0 Å². The molecule has 0 saturated heterocycles. The number of nitrogens with two attached hydrogens (primary N) is 1. The summed E-state index contributed by atoms with van der Waals surface area (Å²) in [5.74, 6) is 0.00882. The van der Waals surface area contributed by atoms with E-state index in [0.717, 1.165) is 5.69 Å². The summed E-state index contributed by atoms with van der Waals surface area (Å²) in [5.41, 5.74) is 5.98. The molecule has 0 aliphatic heterocycles. The Morgan fingerprint density at radius 2 is 2.31 bits per heavy atom. The molecule has 0 amide bonds. The molecule has 0 aliphatic rings. The zero-order valence-corrected chi connectivity index (χ0v) is 7.68. The number of nitrogens with one attached hydrogen (secondary N) is 2. The first-order chi connectivity index (χ1) is 6.18. The fourth-order valence-corrected chi connectivity index (χ4v) is 0.996. The first-order valence-electron chi connectivity index (χ1n) is 3.71. The van der Waals surface area contributed by atoms with E-state index in [4.69, 9.17) is 22.7 Å². The second kappa shape index (κ2) is 4.52. The average molecular weight is 196 g/mol. The van der Waals surface area contributed by atoms with Crippen LogP contribution in [0.1, 0.15) is 0 Å². The maximum absolute atomic E-state index is 6.93. The predicted molar refractivity (Wildman–Crippen MR) is 56.1 cm³/mol. The Morgan fingerprint density at radius 1 is 1.54 bits per heavy atom. The zero-order valence-electron chi connectivity index (χ0n) is 6.92. The maximum Gasteiger partial charge on any atom is 0.116 e. The molecule has 68 valence electrons. The number of anilines is 1. The molecule has 0 fully saturated rings. The minimum Gasteiger partial charge on any atom is -0.384 e. The quantitative estimate of drug-likeness (QED) is 0.512. The Bertz CT molecular complexity index is 333. The number of halogens is 1. The molecule has 4 N–H and O–H groups in total. The molecule has 0 aromatic heterocycles. The standard InChI is InChI=1S/C9H10ClN3/c10-7-2-1-3-8(6-7)13-5-4-9(11)12/h1-6,13H,(H3,11,12)/b5-4-. The molecule has 0 unspecified atom stereocenters. The normalized spacial score (nSPS) is 10.2. The minimum atomic E-state index is 0.00882. The van der Waals surface area contributed by atoms with Crippen molar-refractivity contribution in [3.63, 3.8) is 0 Å². The molecule has 1 rings (SSSR count). The highest BCUT2D eigenvalue weighted by molar-refractivity contribution is 6.30. The Labute approximate surface area is 81.7 Å². The smallest absolute Gasteiger partial charge is 0.116 e. The molecule has 0 heterocycles. The zero-order chi connectivity index (χ0) is 9.68. The lowest BCUT2D eigenvalue weighted by Gasteiger charge is -1.99. The molecule has 0 atom stereocenters. The van der Waals surface area contributed by atoms with E-state index in [9.17, 15) is 0 Å². The van der Waals surface area contributed by atoms with Crippen LogP contribution in [0, 0.1) is 5.41 Å². The first kappa shape index (κ1) is 9.61. The third-order valence-electron chi connectivity index (χ3n) is 1.34. The Morgan fingerprint density at radius 3 is 2.92 bits per heavy atom. The highest BCUT2D eigenvalue weighted by Gasteiger charge is 1.89. The van der Waals surface area contributed by atoms with Crippen molar-refractivity contribution in [2.24, 2.45) is 5.73 Å². The van der Waals surface area contributed by atoms with Crippen LogP contribution < -0.4 is 11.1 Å². The van der Waals surface area contributed by atoms with Crippen LogP contribution in [0.3, 0.4) is 0 Å². The molecular formula is C9H10ClN3. The van der Waals surface area contributed by atoms with Crippen molar-refractivity contribution >= 4 is 23.1 Å². The molecule has 0 aliphatic carbocycles. The molecular weight excluding hydrogens is 186 g/mol. The lowest BCUT2D eigenvalue weighted by molar-refractivity contribution is 1.46. The Kier molecular flexibility index (Phi) is 3.34. The van der Waals surface area contributed by atoms with Gasteiger partial charge in [-0.3, -0.25) is 5.41 Å². The molecule has 3 nitrogen and oxygen atoms in total. The monoisotopic (exact) mass is 195 g/mol. The van der Waals surface area contributed by atoms with Gasteiger partial charge in [0.25, 0.3) is 0 Å². The van der Waals surface area contributed by atoms with Gasteiger partial charge in [0.05, 0.1) is 0 Å². The van der Waals surface area contributed by atoms with E-state index in [0.29, 0.717) is 5.02 Å². The summed E-state index contributed by atoms with van der Waals surface area (Å²) in [5, 5.41) is 10.5. The lowest BCUT2D eigenvalue weighted by atomic mass is 10.3. The van der Waals surface area contributed by atoms with Gasteiger partial charge >= 0.3 is 0 Å². The van der Waals surface area contributed by atoms with E-state index in [-0.39, 0.29) is 5.84 Å². The number of amidine groups is 1. The van der Waals surface area contributed by atoms with E-state index in [2.05, 4.69) is 5.32 Å². The van der Waals surface area contributed by atoms with E-state index in [1.165, 1.54) is 6.08 Å². The Balaban J connectivity index is 2.59. The van der Waals surface area contributed by atoms with Crippen molar-refractivity contribution < 1.29 is 0 Å². The summed E-state index contributed by atoms with van der Waals surface area (Å²) in [4.78, 5) is 0. The summed E-state index contributed by atoms with van der Waals surface area (Å²) in [6.45, 7) is 0. The molecule has 1 aromatic rings. The van der Waals surface area contributed by atoms with Crippen LogP contribution in [-0.2, 0) is 0 Å². The van der Waals surface area contributed by atoms with Crippen LogP contribution in [0.15, 0.2) is 36.5 Å². The van der Waals surface area contributed by atoms with E-state index in [1.807, 2.05) is 12.1 Å². The van der Waals surface area contributed by atoms with Gasteiger partial charge in [0, 0.05) is 16.9 Å². The molecule has 0 radical (unpaired) electrons. The van der Waals surface area contributed by atoms with Gasteiger partial charge in [0.15, 0.2) is 0 Å². The van der Waals surface area contributed by atoms with Gasteiger partial charge in [0.1, 0.15) is 5.84 Å². The summed E-state index contributed by atoms with van der Waals surface area (Å²) in [7, 11) is 0. The van der Waals surface area contributed by atoms with Gasteiger partial charge < -0.3 is 11.1 Å². The van der Waals surface area contributed by atoms with Gasteiger partial charge in [0.2, 0.25) is 0 Å². The van der Waals surface area contributed by atoms with Gasteiger partial charge in [-0.15, -0.1) is 0 Å². The van der Waals surface area contributed by atoms with Crippen LogP contribution in [0.2, 0.25) is 5.02 Å². The van der Waals surface area contributed by atoms with Crippen LogP contribution in [0.25, 0.3) is 0 Å². The van der Waals surface area contributed by atoms with Crippen LogP contribution in [0.5, 0.6) is 0 Å². The highest BCUT2D eigenvalue weighted by atomic mass is 35.5. The largest absolute Gasteiger partial charge is 0.384 e. The fraction of sp³-hybridized carbons (Fsp3) is 0. The highest BCUT2D eigenvalue weighted by Crippen LogP contribution is 2.14. The van der Waals surface area contributed by atoms with Crippen LogP contribution in [-0.4, -0.2) is 5.84 Å². The number of hydrogen-bond donors (Lipinski definition) is 3. The van der Waals surface area contributed by atoms with Crippen molar-refractivity contribution in [1.82, 2.24) is 0 Å². The number of rotatable bonds is 3. The van der Waals surface area contributed by atoms with Crippen molar-refractivity contribution in [3.05, 3.63) is 41.6 Å². The van der Waals surface area contributed by atoms with Crippen molar-refractivity contribution in [3.8, 4) is 0 Å². The van der Waals surface area contributed by atoms with E-state index >= 15 is 0 Å². The second-order valence-corrected chi connectivity index (χ2v) is 2.88. The summed E-state index contributed by atoms with van der Waals surface area (Å²) in [6.07, 6.45) is 3.05. The summed E-state index contributed by atoms with van der Waals surface area (Å²) in [6, 6.07) is 7.29. The number of hydrogen-bond acceptors (Lipinski definition) is 2. The van der Waals surface area contributed by atoms with Crippen LogP contribution >= 0.6 is 11.6 Å². The van der Waals surface area contributed by atoms with E-state index in [1.54, 1.807) is 18.3 Å². The van der Waals surface area contributed by atoms with Gasteiger partial charge in [-0.05, 0) is 24.3 Å². The van der Waals surface area contributed by atoms with Crippen molar-refractivity contribution in [2.75, 3.05) is 5.32 Å². The van der Waals surface area contributed by atoms with Crippen LogP contribution in [0.4, 0.5) is 5.69 Å². The van der Waals surface area contributed by atoms with Gasteiger partial charge in [-0.1, -0.05) is 17.7 Å². The van der Waals surface area contributed by atoms with Crippen molar-refractivity contribution in [2.45, 2.75) is 0 Å². The molecule has 0 saturated carbocycles. The summed E-state index contributed by atoms with van der Waals surface area (Å²) < 4.78 is 0. The fourth-order valence-electron chi connectivity index (χ4n) is 0.806. The lowest BCUT2D eigenvalue weighted by Crippen LogP contribution is -2.05. The molecule has 0 bridgehead atoms. The topological polar surface area (TPSA) is 61.9 Å². The second-order valence-electron chi connectivity index (χ2n) is 2.44. The Hall–Kier alpha value is -1.48. The van der Waals surface area contributed by atoms with Gasteiger partial charge in [-0.2, -0.15) is 0 Å². The first-order valence-corrected chi connectivity index (χ1v) is 4.09. The average Bonchev–Trinajstić information content (AvgIpc) is 2.03. The van der Waals surface area contributed by atoms with E-state index < -0.39 is 0 Å². The number of benzene rings is 1. The van der Waals surface area contributed by atoms with Crippen molar-refractivity contribution in [1.29, 1.82) is 5.41 Å². The summed E-state index contributed by atoms with van der Waals surface area (Å²) >= 11 is 5.76. The third-order valence-corrected chi connectivity index (χ3v) is 1.57. The maximum atomic E-state index is 6.93. The molecule has 0 spiro atoms. The minimum absolute atomic E-state index is 0.00882. The molecule has 4 heteroatoms. The SMILES string of the molecule is N=C(N)/C=C\Nc1cccc(Cl)c1.